The van der Waals surface area contributed by atoms with Crippen LogP contribution in [-0.4, -0.2) is 102 Å². The zero-order chi connectivity index (χ0) is 62.6. The van der Waals surface area contributed by atoms with Crippen molar-refractivity contribution in [3.63, 3.8) is 0 Å². The number of rotatable bonds is 8. The molecular formula is C61H60BBr2ClN5O14S2. The minimum atomic E-state index is -3.24. The summed E-state index contributed by atoms with van der Waals surface area (Å²) in [6, 6.07) is 40.1. The Morgan fingerprint density at radius 2 is 1.08 bits per heavy atom. The molecule has 3 aromatic heterocycles. The van der Waals surface area contributed by atoms with Crippen LogP contribution in [0.4, 0.5) is 28.4 Å². The molecule has 19 nitrogen and oxygen atoms in total. The molecule has 4 amide bonds. The van der Waals surface area contributed by atoms with Crippen LogP contribution in [0.5, 0.6) is 5.75 Å². The van der Waals surface area contributed by atoms with Crippen LogP contribution in [0.15, 0.2) is 190 Å². The number of fused-ring (bicyclic) bond motifs is 3. The highest BCUT2D eigenvalue weighted by molar-refractivity contribution is 9.10. The van der Waals surface area contributed by atoms with Crippen LogP contribution < -0.4 is 29.6 Å². The average Bonchev–Trinajstić information content (AvgIpc) is 1.65. The molecule has 0 aliphatic carbocycles. The minimum absolute atomic E-state index is 0.0406. The Balaban J connectivity index is 0.000000163. The number of amides is 4. The van der Waals surface area contributed by atoms with Gasteiger partial charge < -0.3 is 47.8 Å². The molecule has 2 N–H and O–H groups in total. The van der Waals surface area contributed by atoms with Crippen molar-refractivity contribution in [3.05, 3.63) is 190 Å². The summed E-state index contributed by atoms with van der Waals surface area (Å²) in [4.78, 5) is 66.8. The van der Waals surface area contributed by atoms with E-state index in [1.54, 1.807) is 76.2 Å². The van der Waals surface area contributed by atoms with Crippen molar-refractivity contribution in [2.75, 3.05) is 50.5 Å². The number of aryl methyl sites for hydroxylation is 1. The molecule has 3 atom stereocenters. The molecule has 0 unspecified atom stereocenters. The van der Waals surface area contributed by atoms with Gasteiger partial charge in [0.05, 0.1) is 57.4 Å². The fourth-order valence-electron chi connectivity index (χ4n) is 9.58. The molecule has 3 aliphatic rings. The number of nitrogens with one attached hydrogen (secondary N) is 1. The minimum Gasteiger partial charge on any atom is -0.537 e. The topological polar surface area (TPSA) is 248 Å². The zero-order valence-corrected chi connectivity index (χ0v) is 53.2. The number of hydrogen-bond donors (Lipinski definition) is 2. The molecule has 449 valence electrons. The largest absolute Gasteiger partial charge is 0.569 e. The highest BCUT2D eigenvalue weighted by atomic mass is 79.9. The van der Waals surface area contributed by atoms with Gasteiger partial charge >= 0.3 is 7.69 Å². The van der Waals surface area contributed by atoms with Crippen molar-refractivity contribution in [2.45, 2.75) is 75.4 Å². The van der Waals surface area contributed by atoms with Crippen molar-refractivity contribution in [3.8, 4) is 16.9 Å². The van der Waals surface area contributed by atoms with Crippen LogP contribution in [0.25, 0.3) is 11.1 Å². The Bertz CT molecular complexity index is 3910. The Hall–Kier alpha value is -7.74. The van der Waals surface area contributed by atoms with Gasteiger partial charge in [0.25, 0.3) is 17.1 Å². The van der Waals surface area contributed by atoms with Gasteiger partial charge in [-0.15, -0.1) is 0 Å². The number of nitrogens with zero attached hydrogens (tertiary/aromatic N) is 4. The fourth-order valence-corrected chi connectivity index (χ4v) is 11.7. The highest BCUT2D eigenvalue weighted by Crippen LogP contribution is 2.40. The fraction of sp³-hybridized carbons (Fsp3) is 0.230. The molecule has 0 spiro atoms. The Labute approximate surface area is 521 Å². The van der Waals surface area contributed by atoms with E-state index in [1.807, 2.05) is 67.3 Å². The highest BCUT2D eigenvalue weighted by Gasteiger charge is 2.35. The second-order valence-electron chi connectivity index (χ2n) is 20.0. The summed E-state index contributed by atoms with van der Waals surface area (Å²) in [6.07, 6.45) is 8.77. The Morgan fingerprint density at radius 1 is 0.593 bits per heavy atom. The van der Waals surface area contributed by atoms with Crippen molar-refractivity contribution in [2.24, 2.45) is 0 Å². The standard InChI is InChI=1S/C21H20N2O4S.C16H15BrN2O3.C12H14BrNO.C7H8BO4S.C5H3ClO2/c1-14-13-23(21(24)20-4-3-11-27-20)19-12-16(7-10-18(19)22-14)15-5-8-17(9-6-15)28(2,25)26;1-10-9-18(16(21)15-4-3-7-22-15)14-8-12(17)5-6-13(14)19(10)11(2)20;1-8-3-4-10-7-11(13)5-6-12(10)14(8)9(2)15;1-13(10,11)7-4-2-6(3-5-7)12-8-9;6-5(7)4-2-1-3-8-4/h3-12,14,22H,13H2,1-2H3;3-8,10H,9H2,1-2H3;5-8H,3-4H2,1-2H3;2-5,9H,1H3;1-3H/t14-;10-;8-;;/m000../s1. The number of carbonyl (C=O) groups is 5. The summed E-state index contributed by atoms with van der Waals surface area (Å²) in [5.74, 6) is 0.842. The number of halogens is 3. The summed E-state index contributed by atoms with van der Waals surface area (Å²) in [5, 5.41) is 11.1. The van der Waals surface area contributed by atoms with Gasteiger partial charge in [-0.1, -0.05) is 50.1 Å². The van der Waals surface area contributed by atoms with E-state index in [-0.39, 0.29) is 57.0 Å². The number of hydrogen-bond acceptors (Lipinski definition) is 15. The SMILES string of the molecule is CC(=O)N1c2ccc(Br)cc2CC[C@@H]1C.CC(=O)N1c2ccc(Br)cc2N(C(=O)c2ccco2)C[C@@H]1C.CS(=O)(=O)c1ccc(O[B]O)cc1.C[C@H]1CN(C(=O)c2ccco2)c2cc(-c3ccc(S(C)(=O)=O)cc3)ccc2N1.O=C(Cl)c1ccco1. The van der Waals surface area contributed by atoms with Gasteiger partial charge in [-0.25, -0.2) is 16.8 Å². The molecular weight excluding hydrogens is 1300 g/mol. The van der Waals surface area contributed by atoms with Gasteiger partial charge in [-0.05, 0) is 183 Å². The average molecular weight is 1360 g/mol. The van der Waals surface area contributed by atoms with Crippen LogP contribution in [-0.2, 0) is 35.7 Å². The number of carbonyl (C=O) groups excluding carboxylic acids is 5. The van der Waals surface area contributed by atoms with E-state index in [0.717, 1.165) is 61.9 Å². The molecule has 0 saturated carbocycles. The van der Waals surface area contributed by atoms with Crippen molar-refractivity contribution in [1.29, 1.82) is 0 Å². The van der Waals surface area contributed by atoms with E-state index in [2.05, 4.69) is 59.2 Å². The van der Waals surface area contributed by atoms with Crippen LogP contribution in [0.2, 0.25) is 0 Å². The lowest BCUT2D eigenvalue weighted by molar-refractivity contribution is -0.117. The molecule has 0 fully saturated rings. The van der Waals surface area contributed by atoms with Gasteiger partial charge in [0.2, 0.25) is 11.8 Å². The van der Waals surface area contributed by atoms with Gasteiger partial charge in [-0.3, -0.25) is 24.0 Å². The van der Waals surface area contributed by atoms with Crippen molar-refractivity contribution < 1.29 is 63.7 Å². The number of sulfone groups is 2. The number of furan rings is 3. The third-order valence-corrected chi connectivity index (χ3v) is 16.9. The zero-order valence-electron chi connectivity index (χ0n) is 47.6. The van der Waals surface area contributed by atoms with Gasteiger partial charge in [-0.2, -0.15) is 0 Å². The van der Waals surface area contributed by atoms with E-state index in [0.29, 0.717) is 44.0 Å². The van der Waals surface area contributed by atoms with Crippen LogP contribution in [0.3, 0.4) is 0 Å². The smallest absolute Gasteiger partial charge is 0.537 e. The lowest BCUT2D eigenvalue weighted by Crippen LogP contribution is -2.51. The lowest BCUT2D eigenvalue weighted by Gasteiger charge is -2.40. The Kier molecular flexibility index (Phi) is 22.3. The lowest BCUT2D eigenvalue weighted by atomic mass is 9.97. The first-order valence-corrected chi connectivity index (χ1v) is 32.3. The first kappa shape index (κ1) is 65.8. The predicted octanol–water partition coefficient (Wildman–Crippen LogP) is 12.0. The molecule has 3 aliphatic heterocycles. The molecule has 5 aromatic carbocycles. The van der Waals surface area contributed by atoms with Crippen LogP contribution in [0.1, 0.15) is 78.3 Å². The number of anilines is 5. The van der Waals surface area contributed by atoms with E-state index >= 15 is 0 Å². The van der Waals surface area contributed by atoms with Gasteiger partial charge in [0.1, 0.15) is 5.75 Å². The maximum Gasteiger partial charge on any atom is 0.569 e. The summed E-state index contributed by atoms with van der Waals surface area (Å²) in [5.41, 5.74) is 7.17. The monoisotopic (exact) mass is 1350 g/mol. The normalized spacial score (nSPS) is 15.7. The van der Waals surface area contributed by atoms with E-state index in [1.165, 1.54) is 67.9 Å². The van der Waals surface area contributed by atoms with Crippen LogP contribution >= 0.6 is 43.5 Å². The summed E-state index contributed by atoms with van der Waals surface area (Å²) in [7, 11) is -5.87. The molecule has 25 heteroatoms. The first-order valence-electron chi connectivity index (χ1n) is 26.5. The van der Waals surface area contributed by atoms with Gasteiger partial charge in [0, 0.05) is 66.2 Å². The third-order valence-electron chi connectivity index (χ3n) is 13.5. The number of benzene rings is 5. The van der Waals surface area contributed by atoms with Crippen LogP contribution in [0, 0.1) is 0 Å². The predicted molar refractivity (Wildman–Crippen MR) is 338 cm³/mol. The molecule has 0 saturated heterocycles. The van der Waals surface area contributed by atoms with Crippen molar-refractivity contribution in [1.82, 2.24) is 0 Å². The quantitative estimate of drug-likeness (QED) is 0.106. The first-order chi connectivity index (χ1) is 40.7. The third kappa shape index (κ3) is 16.8. The summed E-state index contributed by atoms with van der Waals surface area (Å²) >= 11 is 11.9. The second-order valence-corrected chi connectivity index (χ2v) is 26.2. The van der Waals surface area contributed by atoms with E-state index < -0.39 is 24.9 Å². The van der Waals surface area contributed by atoms with E-state index in [4.69, 9.17) is 25.5 Å². The molecule has 6 heterocycles. The maximum absolute atomic E-state index is 12.9. The summed E-state index contributed by atoms with van der Waals surface area (Å²) < 4.78 is 67.0. The Morgan fingerprint density at radius 3 is 1.57 bits per heavy atom. The van der Waals surface area contributed by atoms with Gasteiger partial charge in [0.15, 0.2) is 37.0 Å². The molecule has 0 bridgehead atoms. The molecule has 86 heavy (non-hydrogen) atoms. The van der Waals surface area contributed by atoms with E-state index in [9.17, 15) is 40.8 Å². The molecule has 11 rings (SSSR count). The maximum atomic E-state index is 12.9. The second kappa shape index (κ2) is 29.1. The summed E-state index contributed by atoms with van der Waals surface area (Å²) in [6.45, 7) is 10.1. The molecule has 1 radical (unpaired) electrons. The molecule has 8 aromatic rings. The van der Waals surface area contributed by atoms with Crippen molar-refractivity contribution >= 4 is 128 Å².